The number of aromatic nitrogens is 2. The van der Waals surface area contributed by atoms with Gasteiger partial charge in [-0.25, -0.2) is 4.98 Å². The predicted molar refractivity (Wildman–Crippen MR) is 115 cm³/mol. The number of hydrogen-bond acceptors (Lipinski definition) is 8. The average molecular weight is 420 g/mol. The summed E-state index contributed by atoms with van der Waals surface area (Å²) in [7, 11) is 0. The van der Waals surface area contributed by atoms with E-state index in [1.54, 1.807) is 18.2 Å². The molecule has 1 aliphatic rings. The zero-order chi connectivity index (χ0) is 21.0. The van der Waals surface area contributed by atoms with E-state index in [-0.39, 0.29) is 29.6 Å². The third-order valence-corrected chi connectivity index (χ3v) is 5.81. The average Bonchev–Trinajstić information content (AvgIpc) is 2.69. The second kappa shape index (κ2) is 9.23. The van der Waals surface area contributed by atoms with Crippen molar-refractivity contribution in [1.82, 2.24) is 9.97 Å². The first kappa shape index (κ1) is 21.1. The fraction of sp³-hybridized carbons (Fsp3) is 0.474. The first-order chi connectivity index (χ1) is 13.9. The number of nitro groups is 1. The molecule has 29 heavy (non-hydrogen) atoms. The summed E-state index contributed by atoms with van der Waals surface area (Å²) in [5.41, 5.74) is 18.6. The molecule has 0 aliphatic heterocycles. The molecule has 0 amide bonds. The van der Waals surface area contributed by atoms with E-state index >= 15 is 0 Å². The van der Waals surface area contributed by atoms with E-state index in [4.69, 9.17) is 28.8 Å². The highest BCUT2D eigenvalue weighted by Crippen LogP contribution is 2.32. The molecule has 0 atom stereocenters. The van der Waals surface area contributed by atoms with Crippen LogP contribution in [0.15, 0.2) is 18.2 Å². The Hall–Kier alpha value is -2.65. The molecule has 0 spiro atoms. The van der Waals surface area contributed by atoms with Gasteiger partial charge in [0.15, 0.2) is 0 Å². The summed E-state index contributed by atoms with van der Waals surface area (Å²) in [6.07, 6.45) is 4.36. The topological polar surface area (TPSA) is 159 Å². The highest BCUT2D eigenvalue weighted by molar-refractivity contribution is 6.31. The second-order valence-corrected chi connectivity index (χ2v) is 7.92. The van der Waals surface area contributed by atoms with Gasteiger partial charge in [0, 0.05) is 23.7 Å². The lowest BCUT2D eigenvalue weighted by molar-refractivity contribution is -0.385. The van der Waals surface area contributed by atoms with Crippen LogP contribution >= 0.6 is 11.6 Å². The number of rotatable bonds is 7. The molecule has 1 aromatic heterocycles. The van der Waals surface area contributed by atoms with Crippen LogP contribution in [0.1, 0.15) is 36.9 Å². The Morgan fingerprint density at radius 3 is 2.52 bits per heavy atom. The maximum atomic E-state index is 11.8. The van der Waals surface area contributed by atoms with Gasteiger partial charge in [0.2, 0.25) is 11.8 Å². The van der Waals surface area contributed by atoms with E-state index in [2.05, 4.69) is 15.3 Å². The molecule has 10 heteroatoms. The Bertz CT molecular complexity index is 885. The number of nitrogens with one attached hydrogen (secondary N) is 1. The minimum absolute atomic E-state index is 0.0278. The zero-order valence-corrected chi connectivity index (χ0v) is 16.9. The lowest BCUT2D eigenvalue weighted by Gasteiger charge is -2.27. The molecular formula is C19H26ClN7O2. The molecule has 156 valence electrons. The Morgan fingerprint density at radius 1 is 1.17 bits per heavy atom. The van der Waals surface area contributed by atoms with Crippen LogP contribution in [0.5, 0.6) is 0 Å². The van der Waals surface area contributed by atoms with Crippen molar-refractivity contribution >= 4 is 34.7 Å². The van der Waals surface area contributed by atoms with Gasteiger partial charge in [-0.3, -0.25) is 10.1 Å². The fourth-order valence-corrected chi connectivity index (χ4v) is 3.97. The monoisotopic (exact) mass is 419 g/mol. The molecule has 1 saturated carbocycles. The minimum atomic E-state index is -0.484. The molecular weight excluding hydrogens is 394 g/mol. The first-order valence-electron chi connectivity index (χ1n) is 9.66. The standard InChI is InChI=1S/C19H26ClN7O2/c20-15-6-5-14(22)7-13(15)8-16-17(27(28)29)18(26-19(23)25-16)24-10-12-3-1-11(9-21)2-4-12/h5-7,11-12H,1-4,8-10,21-22H2,(H3,23,24,25,26). The van der Waals surface area contributed by atoms with E-state index in [0.29, 0.717) is 41.2 Å². The van der Waals surface area contributed by atoms with Crippen LogP contribution in [0, 0.1) is 22.0 Å². The van der Waals surface area contributed by atoms with Gasteiger partial charge in [0.05, 0.1) is 4.92 Å². The second-order valence-electron chi connectivity index (χ2n) is 7.51. The van der Waals surface area contributed by atoms with E-state index in [0.717, 1.165) is 25.7 Å². The number of benzene rings is 1. The maximum absolute atomic E-state index is 11.8. The Balaban J connectivity index is 1.82. The summed E-state index contributed by atoms with van der Waals surface area (Å²) in [5.74, 6) is 1.10. The molecule has 1 heterocycles. The van der Waals surface area contributed by atoms with Crippen LogP contribution < -0.4 is 22.5 Å². The Kier molecular flexibility index (Phi) is 6.71. The van der Waals surface area contributed by atoms with Crippen molar-refractivity contribution in [2.75, 3.05) is 29.9 Å². The summed E-state index contributed by atoms with van der Waals surface area (Å²) in [6.45, 7) is 1.30. The number of nitrogen functional groups attached to an aromatic ring is 2. The molecule has 0 unspecified atom stereocenters. The molecule has 3 rings (SSSR count). The highest BCUT2D eigenvalue weighted by atomic mass is 35.5. The van der Waals surface area contributed by atoms with Gasteiger partial charge in [-0.15, -0.1) is 0 Å². The number of halogens is 1. The summed E-state index contributed by atoms with van der Waals surface area (Å²) in [5, 5.41) is 15.4. The van der Waals surface area contributed by atoms with Crippen molar-refractivity contribution in [1.29, 1.82) is 0 Å². The third kappa shape index (κ3) is 5.24. The lowest BCUT2D eigenvalue weighted by Crippen LogP contribution is -2.25. The highest BCUT2D eigenvalue weighted by Gasteiger charge is 2.26. The van der Waals surface area contributed by atoms with Crippen LogP contribution in [-0.4, -0.2) is 28.0 Å². The van der Waals surface area contributed by atoms with E-state index in [1.807, 2.05) is 0 Å². The van der Waals surface area contributed by atoms with Crippen LogP contribution in [0.4, 0.5) is 23.1 Å². The maximum Gasteiger partial charge on any atom is 0.333 e. The van der Waals surface area contributed by atoms with Crippen molar-refractivity contribution in [3.63, 3.8) is 0 Å². The summed E-state index contributed by atoms with van der Waals surface area (Å²) in [6, 6.07) is 4.99. The normalized spacial score (nSPS) is 19.1. The van der Waals surface area contributed by atoms with Gasteiger partial charge >= 0.3 is 5.69 Å². The first-order valence-corrected chi connectivity index (χ1v) is 10.0. The van der Waals surface area contributed by atoms with Crippen LogP contribution in [-0.2, 0) is 6.42 Å². The van der Waals surface area contributed by atoms with Gasteiger partial charge < -0.3 is 22.5 Å². The molecule has 0 saturated heterocycles. The smallest absolute Gasteiger partial charge is 0.333 e. The predicted octanol–water partition coefficient (Wildman–Crippen LogP) is 2.97. The molecule has 1 aromatic carbocycles. The Morgan fingerprint density at radius 2 is 1.86 bits per heavy atom. The quantitative estimate of drug-likeness (QED) is 0.302. The van der Waals surface area contributed by atoms with Crippen LogP contribution in [0.3, 0.4) is 0 Å². The van der Waals surface area contributed by atoms with Crippen LogP contribution in [0.25, 0.3) is 0 Å². The third-order valence-electron chi connectivity index (χ3n) is 5.44. The van der Waals surface area contributed by atoms with E-state index in [1.165, 1.54) is 0 Å². The van der Waals surface area contributed by atoms with Gasteiger partial charge in [-0.05, 0) is 67.8 Å². The van der Waals surface area contributed by atoms with Gasteiger partial charge in [0.1, 0.15) is 5.69 Å². The van der Waals surface area contributed by atoms with Crippen molar-refractivity contribution in [2.24, 2.45) is 17.6 Å². The summed E-state index contributed by atoms with van der Waals surface area (Å²) < 4.78 is 0. The largest absolute Gasteiger partial charge is 0.399 e. The van der Waals surface area contributed by atoms with Crippen molar-refractivity contribution in [3.05, 3.63) is 44.6 Å². The van der Waals surface area contributed by atoms with Gasteiger partial charge in [0.25, 0.3) is 0 Å². The number of hydrogen-bond donors (Lipinski definition) is 4. The van der Waals surface area contributed by atoms with Crippen molar-refractivity contribution < 1.29 is 4.92 Å². The number of anilines is 3. The molecule has 2 aromatic rings. The number of nitrogens with zero attached hydrogens (tertiary/aromatic N) is 3. The van der Waals surface area contributed by atoms with E-state index in [9.17, 15) is 10.1 Å². The van der Waals surface area contributed by atoms with Crippen LogP contribution in [0.2, 0.25) is 5.02 Å². The minimum Gasteiger partial charge on any atom is -0.399 e. The molecule has 7 N–H and O–H groups in total. The molecule has 0 bridgehead atoms. The summed E-state index contributed by atoms with van der Waals surface area (Å²) in [4.78, 5) is 19.5. The van der Waals surface area contributed by atoms with Gasteiger partial charge in [-0.1, -0.05) is 11.6 Å². The Labute approximate surface area is 174 Å². The molecule has 1 fully saturated rings. The van der Waals surface area contributed by atoms with E-state index < -0.39 is 4.92 Å². The molecule has 0 radical (unpaired) electrons. The van der Waals surface area contributed by atoms with Crippen molar-refractivity contribution in [2.45, 2.75) is 32.1 Å². The molecule has 1 aliphatic carbocycles. The fourth-order valence-electron chi connectivity index (χ4n) is 3.78. The van der Waals surface area contributed by atoms with Gasteiger partial charge in [-0.2, -0.15) is 4.98 Å². The number of nitrogens with two attached hydrogens (primary N) is 3. The lowest BCUT2D eigenvalue weighted by atomic mass is 9.82. The van der Waals surface area contributed by atoms with Crippen molar-refractivity contribution in [3.8, 4) is 0 Å². The SMILES string of the molecule is NCC1CCC(CNc2nc(N)nc(Cc3cc(N)ccc3Cl)c2[N+](=O)[O-])CC1. The zero-order valence-electron chi connectivity index (χ0n) is 16.1. The molecule has 9 nitrogen and oxygen atoms in total. The summed E-state index contributed by atoms with van der Waals surface area (Å²) >= 11 is 6.22.